The summed E-state index contributed by atoms with van der Waals surface area (Å²) < 4.78 is 0. The van der Waals surface area contributed by atoms with E-state index in [1.54, 1.807) is 24.3 Å². The Hall–Kier alpha value is -5.18. The Morgan fingerprint density at radius 3 is 2.30 bits per heavy atom. The van der Waals surface area contributed by atoms with Gasteiger partial charge in [0.05, 0.1) is 17.4 Å². The molecule has 1 fully saturated rings. The van der Waals surface area contributed by atoms with Gasteiger partial charge in [0.25, 0.3) is 17.7 Å². The number of para-hydroxylation sites is 1. The van der Waals surface area contributed by atoms with Crippen molar-refractivity contribution in [2.75, 3.05) is 11.4 Å². The maximum atomic E-state index is 13.8. The Kier molecular flexibility index (Phi) is 5.70. The smallest absolute Gasteiger partial charge is 0.264 e. The number of nitrogens with zero attached hydrogens (tertiary/aromatic N) is 6. The van der Waals surface area contributed by atoms with Crippen LogP contribution < -0.4 is 4.90 Å². The normalized spacial score (nSPS) is 21.9. The first-order valence-corrected chi connectivity index (χ1v) is 13.1. The summed E-state index contributed by atoms with van der Waals surface area (Å²) in [5, 5.41) is 18.0. The van der Waals surface area contributed by atoms with Crippen molar-refractivity contribution in [1.82, 2.24) is 10.0 Å². The topological polar surface area (TPSA) is 98.0 Å². The molecular formula is C31H24N6O3. The van der Waals surface area contributed by atoms with E-state index in [0.717, 1.165) is 32.5 Å². The minimum Gasteiger partial charge on any atom is -0.271 e. The maximum absolute atomic E-state index is 13.8. The molecule has 0 bridgehead atoms. The third-order valence-electron chi connectivity index (χ3n) is 7.62. The van der Waals surface area contributed by atoms with Crippen molar-refractivity contribution in [1.29, 1.82) is 0 Å². The Balaban J connectivity index is 1.19. The summed E-state index contributed by atoms with van der Waals surface area (Å²) >= 11 is 0. The number of fused-ring (bicyclic) bond motifs is 2. The Bertz CT molecular complexity index is 1700. The van der Waals surface area contributed by atoms with Crippen LogP contribution in [0.25, 0.3) is 10.8 Å². The van der Waals surface area contributed by atoms with Gasteiger partial charge in [-0.05, 0) is 28.5 Å². The van der Waals surface area contributed by atoms with Crippen LogP contribution >= 0.6 is 0 Å². The third-order valence-corrected chi connectivity index (χ3v) is 7.62. The number of benzene rings is 4. The average molecular weight is 529 g/mol. The summed E-state index contributed by atoms with van der Waals surface area (Å²) in [5.74, 6) is -1.22. The van der Waals surface area contributed by atoms with Crippen LogP contribution in [0.2, 0.25) is 0 Å². The Morgan fingerprint density at radius 2 is 1.50 bits per heavy atom. The van der Waals surface area contributed by atoms with Crippen LogP contribution in [-0.2, 0) is 14.4 Å². The summed E-state index contributed by atoms with van der Waals surface area (Å²) in [7, 11) is 0. The molecular weight excluding hydrogens is 504 g/mol. The SMILES string of the molecule is O=C1[C@H]2N=NN(CC(=O)N3N=C(c4cccc5ccccc45)C[C@H]3c3ccccc3)[C@@H]2C(=O)N1c1ccccc1. The molecule has 3 amide bonds. The number of carbonyl (C=O) groups excluding carboxylic acids is 3. The van der Waals surface area contributed by atoms with Gasteiger partial charge in [0, 0.05) is 12.0 Å². The van der Waals surface area contributed by atoms with Crippen molar-refractivity contribution in [3.8, 4) is 0 Å². The summed E-state index contributed by atoms with van der Waals surface area (Å²) in [6, 6.07) is 30.4. The molecule has 1 saturated heterocycles. The zero-order valence-corrected chi connectivity index (χ0v) is 21.4. The molecule has 3 heterocycles. The zero-order chi connectivity index (χ0) is 27.2. The molecule has 196 valence electrons. The Morgan fingerprint density at radius 1 is 0.800 bits per heavy atom. The quantitative estimate of drug-likeness (QED) is 0.356. The van der Waals surface area contributed by atoms with Crippen molar-refractivity contribution < 1.29 is 14.4 Å². The molecule has 4 aromatic carbocycles. The van der Waals surface area contributed by atoms with Crippen molar-refractivity contribution in [2.24, 2.45) is 15.4 Å². The van der Waals surface area contributed by atoms with Crippen LogP contribution in [0, 0.1) is 0 Å². The zero-order valence-electron chi connectivity index (χ0n) is 21.4. The largest absolute Gasteiger partial charge is 0.271 e. The molecule has 0 aromatic heterocycles. The lowest BCUT2D eigenvalue weighted by atomic mass is 9.95. The number of hydrogen-bond donors (Lipinski definition) is 0. The summed E-state index contributed by atoms with van der Waals surface area (Å²) in [4.78, 5) is 41.3. The van der Waals surface area contributed by atoms with Crippen LogP contribution in [0.4, 0.5) is 5.69 Å². The van der Waals surface area contributed by atoms with Crippen LogP contribution in [-0.4, -0.2) is 52.1 Å². The number of hydrogen-bond acceptors (Lipinski definition) is 7. The molecule has 3 atom stereocenters. The second-order valence-electron chi connectivity index (χ2n) is 9.98. The van der Waals surface area contributed by atoms with E-state index in [4.69, 9.17) is 5.10 Å². The fourth-order valence-corrected chi connectivity index (χ4v) is 5.71. The molecule has 3 aliphatic heterocycles. The highest BCUT2D eigenvalue weighted by Gasteiger charge is 2.55. The average Bonchev–Trinajstić information content (AvgIpc) is 3.69. The van der Waals surface area contributed by atoms with Crippen molar-refractivity contribution in [3.63, 3.8) is 0 Å². The molecule has 4 aromatic rings. The van der Waals surface area contributed by atoms with Gasteiger partial charge in [0.2, 0.25) is 0 Å². The maximum Gasteiger partial charge on any atom is 0.264 e. The minimum atomic E-state index is -0.973. The third kappa shape index (κ3) is 3.86. The van der Waals surface area contributed by atoms with Crippen molar-refractivity contribution in [2.45, 2.75) is 24.5 Å². The molecule has 3 aliphatic rings. The highest BCUT2D eigenvalue weighted by Crippen LogP contribution is 2.36. The van der Waals surface area contributed by atoms with Gasteiger partial charge in [0.1, 0.15) is 6.54 Å². The predicted octanol–water partition coefficient (Wildman–Crippen LogP) is 4.51. The van der Waals surface area contributed by atoms with Gasteiger partial charge >= 0.3 is 0 Å². The number of imide groups is 1. The van der Waals surface area contributed by atoms with Gasteiger partial charge in [-0.25, -0.2) is 9.91 Å². The molecule has 0 radical (unpaired) electrons. The lowest BCUT2D eigenvalue weighted by Crippen LogP contribution is -2.44. The predicted molar refractivity (Wildman–Crippen MR) is 149 cm³/mol. The molecule has 40 heavy (non-hydrogen) atoms. The standard InChI is InChI=1S/C31H24N6O3/c38-27(19-35-29-28(32-34-35)30(39)36(31(29)40)22-14-5-2-6-15-22)37-26(21-11-3-1-4-12-21)18-25(33-37)24-17-9-13-20-10-7-8-16-23(20)24/h1-17,26,28-29H,18-19H2/t26-,28-,29-/m0/s1. The number of amides is 3. The summed E-state index contributed by atoms with van der Waals surface area (Å²) in [6.45, 7) is -0.234. The minimum absolute atomic E-state index is 0.234. The first kappa shape index (κ1) is 23.9. The first-order valence-electron chi connectivity index (χ1n) is 13.1. The molecule has 9 nitrogen and oxygen atoms in total. The lowest BCUT2D eigenvalue weighted by Gasteiger charge is -2.25. The van der Waals surface area contributed by atoms with Crippen LogP contribution in [0.3, 0.4) is 0 Å². The van der Waals surface area contributed by atoms with E-state index >= 15 is 0 Å². The highest BCUT2D eigenvalue weighted by molar-refractivity contribution is 6.25. The number of carbonyl (C=O) groups is 3. The van der Waals surface area contributed by atoms with Gasteiger partial charge in [0.15, 0.2) is 12.1 Å². The lowest BCUT2D eigenvalue weighted by molar-refractivity contribution is -0.135. The van der Waals surface area contributed by atoms with E-state index in [1.807, 2.05) is 60.7 Å². The highest BCUT2D eigenvalue weighted by atomic mass is 16.2. The molecule has 9 heteroatoms. The summed E-state index contributed by atoms with van der Waals surface area (Å²) in [6.07, 6.45) is 0.538. The van der Waals surface area contributed by atoms with E-state index in [-0.39, 0.29) is 18.5 Å². The van der Waals surface area contributed by atoms with E-state index in [0.29, 0.717) is 12.1 Å². The van der Waals surface area contributed by atoms with E-state index in [9.17, 15) is 14.4 Å². The van der Waals surface area contributed by atoms with Crippen LogP contribution in [0.15, 0.2) is 119 Å². The van der Waals surface area contributed by atoms with Gasteiger partial charge in [-0.15, -0.1) is 0 Å². The van der Waals surface area contributed by atoms with Gasteiger partial charge in [-0.3, -0.25) is 19.4 Å². The number of hydrazone groups is 1. The fourth-order valence-electron chi connectivity index (χ4n) is 5.71. The monoisotopic (exact) mass is 528 g/mol. The summed E-state index contributed by atoms with van der Waals surface area (Å²) in [5.41, 5.74) is 3.21. The number of rotatable bonds is 5. The molecule has 0 aliphatic carbocycles. The van der Waals surface area contributed by atoms with Gasteiger partial charge < -0.3 is 0 Å². The Labute approximate surface area is 230 Å². The fraction of sp³-hybridized carbons (Fsp3) is 0.161. The van der Waals surface area contributed by atoms with Gasteiger partial charge in [-0.1, -0.05) is 96.2 Å². The first-order chi connectivity index (χ1) is 19.6. The second kappa shape index (κ2) is 9.53. The molecule has 0 saturated carbocycles. The van der Waals surface area contributed by atoms with Crippen LogP contribution in [0.1, 0.15) is 23.6 Å². The molecule has 0 spiro atoms. The number of anilines is 1. The van der Waals surface area contributed by atoms with E-state index < -0.39 is 23.9 Å². The molecule has 7 rings (SSSR count). The van der Waals surface area contributed by atoms with E-state index in [1.165, 1.54) is 10.0 Å². The molecule has 0 N–H and O–H groups in total. The van der Waals surface area contributed by atoms with Crippen molar-refractivity contribution in [3.05, 3.63) is 114 Å². The van der Waals surface area contributed by atoms with Gasteiger partial charge in [-0.2, -0.15) is 10.2 Å². The van der Waals surface area contributed by atoms with Crippen molar-refractivity contribution >= 4 is 39.9 Å². The molecule has 0 unspecified atom stereocenters. The second-order valence-corrected chi connectivity index (χ2v) is 9.98. The van der Waals surface area contributed by atoms with Crippen LogP contribution in [0.5, 0.6) is 0 Å². The van der Waals surface area contributed by atoms with E-state index in [2.05, 4.69) is 28.5 Å².